The largest absolute Gasteiger partial charge is 0.434 e. The molecule has 2 heterocycles. The summed E-state index contributed by atoms with van der Waals surface area (Å²) in [5.41, 5.74) is 4.90. The summed E-state index contributed by atoms with van der Waals surface area (Å²) in [7, 11) is 0. The minimum Gasteiger partial charge on any atom is -0.434 e. The number of anilines is 1. The molecule has 1 aliphatic rings. The Hall–Kier alpha value is -3.14. The van der Waals surface area contributed by atoms with Crippen molar-refractivity contribution >= 4 is 17.5 Å². The van der Waals surface area contributed by atoms with Crippen LogP contribution < -0.4 is 15.8 Å². The Bertz CT molecular complexity index is 968. The highest BCUT2D eigenvalue weighted by atomic mass is 19.3. The van der Waals surface area contributed by atoms with Crippen LogP contribution in [0.3, 0.4) is 0 Å². The quantitative estimate of drug-likeness (QED) is 0.743. The third-order valence-electron chi connectivity index (χ3n) is 4.65. The Morgan fingerprint density at radius 1 is 1.30 bits per heavy atom. The molecule has 1 aromatic heterocycles. The Morgan fingerprint density at radius 2 is 2.03 bits per heavy atom. The molecule has 160 valence electrons. The second kappa shape index (κ2) is 8.31. The fraction of sp³-hybridized carbons (Fsp3) is 0.350. The molecule has 7 nitrogen and oxygen atoms in total. The number of halogens is 3. The molecule has 1 saturated heterocycles. The van der Waals surface area contributed by atoms with Crippen molar-refractivity contribution in [2.75, 3.05) is 5.32 Å². The maximum atomic E-state index is 13.6. The van der Waals surface area contributed by atoms with E-state index in [0.29, 0.717) is 6.42 Å². The van der Waals surface area contributed by atoms with Gasteiger partial charge < -0.3 is 20.5 Å². The lowest BCUT2D eigenvalue weighted by molar-refractivity contribution is -0.130. The first-order valence-electron chi connectivity index (χ1n) is 9.04. The van der Waals surface area contributed by atoms with Gasteiger partial charge in [-0.2, -0.15) is 8.78 Å². The molecule has 2 atom stereocenters. The van der Waals surface area contributed by atoms with Gasteiger partial charge in [-0.15, -0.1) is 0 Å². The molecule has 30 heavy (non-hydrogen) atoms. The molecule has 2 amide bonds. The van der Waals surface area contributed by atoms with Crippen LogP contribution in [0.25, 0.3) is 0 Å². The van der Waals surface area contributed by atoms with Crippen molar-refractivity contribution < 1.29 is 32.2 Å². The van der Waals surface area contributed by atoms with E-state index in [4.69, 9.17) is 10.5 Å². The van der Waals surface area contributed by atoms with E-state index in [0.717, 1.165) is 12.1 Å². The van der Waals surface area contributed by atoms with Crippen molar-refractivity contribution in [3.63, 3.8) is 0 Å². The van der Waals surface area contributed by atoms with Crippen LogP contribution in [-0.4, -0.2) is 35.1 Å². The van der Waals surface area contributed by atoms with Gasteiger partial charge in [-0.05, 0) is 38.5 Å². The molecule has 0 bridgehead atoms. The van der Waals surface area contributed by atoms with Crippen molar-refractivity contribution in [1.29, 1.82) is 0 Å². The normalized spacial score (nSPS) is 20.2. The number of pyridine rings is 1. The summed E-state index contributed by atoms with van der Waals surface area (Å²) in [4.78, 5) is 28.0. The number of alkyl halides is 2. The molecule has 1 aliphatic heterocycles. The van der Waals surface area contributed by atoms with Gasteiger partial charge in [0.05, 0.1) is 5.60 Å². The van der Waals surface area contributed by atoms with Gasteiger partial charge in [0.15, 0.2) is 0 Å². The average molecular weight is 423 g/mol. The van der Waals surface area contributed by atoms with Crippen LogP contribution in [0.15, 0.2) is 36.5 Å². The van der Waals surface area contributed by atoms with Crippen LogP contribution in [-0.2, 0) is 9.53 Å². The zero-order chi connectivity index (χ0) is 22.1. The Morgan fingerprint density at radius 3 is 2.70 bits per heavy atom. The molecule has 3 rings (SSSR count). The summed E-state index contributed by atoms with van der Waals surface area (Å²) in [5, 5.41) is 2.61. The Balaban J connectivity index is 1.91. The van der Waals surface area contributed by atoms with E-state index < -0.39 is 41.9 Å². The van der Waals surface area contributed by atoms with Crippen molar-refractivity contribution in [3.05, 3.63) is 53.6 Å². The van der Waals surface area contributed by atoms with Crippen LogP contribution in [0, 0.1) is 5.82 Å². The lowest BCUT2D eigenvalue weighted by atomic mass is 9.87. The van der Waals surface area contributed by atoms with E-state index in [9.17, 15) is 22.8 Å². The van der Waals surface area contributed by atoms with E-state index in [1.54, 1.807) is 13.8 Å². The van der Waals surface area contributed by atoms with Gasteiger partial charge >= 0.3 is 6.61 Å². The summed E-state index contributed by atoms with van der Waals surface area (Å²) < 4.78 is 49.6. The second-order valence-electron chi connectivity index (χ2n) is 7.45. The van der Waals surface area contributed by atoms with E-state index in [2.05, 4.69) is 15.0 Å². The first kappa shape index (κ1) is 21.6. The van der Waals surface area contributed by atoms with Gasteiger partial charge in [-0.25, -0.2) is 4.39 Å². The minimum atomic E-state index is -3.16. The third-order valence-corrected chi connectivity index (χ3v) is 4.65. The summed E-state index contributed by atoms with van der Waals surface area (Å²) >= 11 is 0. The van der Waals surface area contributed by atoms with Crippen LogP contribution in [0.2, 0.25) is 0 Å². The fourth-order valence-electron chi connectivity index (χ4n) is 3.49. The molecule has 0 saturated carbocycles. The van der Waals surface area contributed by atoms with Crippen molar-refractivity contribution in [2.24, 2.45) is 5.73 Å². The van der Waals surface area contributed by atoms with Crippen molar-refractivity contribution in [1.82, 2.24) is 4.98 Å². The van der Waals surface area contributed by atoms with Gasteiger partial charge in [0, 0.05) is 29.4 Å². The van der Waals surface area contributed by atoms with Gasteiger partial charge in [0.2, 0.25) is 0 Å². The lowest BCUT2D eigenvalue weighted by Gasteiger charge is -2.21. The molecule has 10 heteroatoms. The van der Waals surface area contributed by atoms with Crippen LogP contribution >= 0.6 is 0 Å². The topological polar surface area (TPSA) is 104 Å². The van der Waals surface area contributed by atoms with E-state index >= 15 is 0 Å². The number of hydrogen-bond acceptors (Lipinski definition) is 5. The van der Waals surface area contributed by atoms with E-state index in [-0.39, 0.29) is 22.7 Å². The monoisotopic (exact) mass is 423 g/mol. The number of carbonyl (C=O) groups is 2. The smallest absolute Gasteiger partial charge is 0.387 e. The van der Waals surface area contributed by atoms with Gasteiger partial charge in [-0.1, -0.05) is 6.07 Å². The molecule has 2 aromatic rings. The molecular weight excluding hydrogens is 403 g/mol. The van der Waals surface area contributed by atoms with Gasteiger partial charge in [0.1, 0.15) is 23.4 Å². The van der Waals surface area contributed by atoms with Gasteiger partial charge in [0.25, 0.3) is 11.8 Å². The molecule has 0 spiro atoms. The number of primary amides is 1. The minimum absolute atomic E-state index is 0.0387. The molecule has 0 unspecified atom stereocenters. The summed E-state index contributed by atoms with van der Waals surface area (Å²) in [6, 6.07) is 6.03. The summed E-state index contributed by atoms with van der Waals surface area (Å²) in [5.74, 6) is -3.10. The lowest BCUT2D eigenvalue weighted by Crippen LogP contribution is -2.33. The molecule has 0 aliphatic carbocycles. The summed E-state index contributed by atoms with van der Waals surface area (Å²) in [6.45, 7) is 0.349. The highest BCUT2D eigenvalue weighted by Gasteiger charge is 2.46. The average Bonchev–Trinajstić information content (AvgIpc) is 2.97. The highest BCUT2D eigenvalue weighted by molar-refractivity contribution is 5.97. The number of carbonyl (C=O) groups excluding carboxylic acids is 2. The third kappa shape index (κ3) is 4.88. The first-order valence-corrected chi connectivity index (χ1v) is 9.04. The van der Waals surface area contributed by atoms with Crippen LogP contribution in [0.4, 0.5) is 18.9 Å². The van der Waals surface area contributed by atoms with E-state index in [1.807, 2.05) is 0 Å². The number of nitrogens with two attached hydrogens (primary N) is 1. The van der Waals surface area contributed by atoms with Crippen molar-refractivity contribution in [2.45, 2.75) is 44.5 Å². The Labute approximate surface area is 170 Å². The number of nitrogens with one attached hydrogen (secondary N) is 1. The number of nitrogens with zero attached hydrogens (tertiary/aromatic N) is 1. The SMILES string of the molecule is CC1(C)C[C@@H](c2ccc(F)cc2OC(F)F)[C@H](C(=O)Nc2ccnc(C(N)=O)c2)O1. The summed E-state index contributed by atoms with van der Waals surface area (Å²) in [6.07, 6.45) is 0.538. The molecule has 1 aromatic carbocycles. The Kier molecular flexibility index (Phi) is 5.97. The number of rotatable bonds is 6. The zero-order valence-electron chi connectivity index (χ0n) is 16.2. The van der Waals surface area contributed by atoms with Crippen LogP contribution in [0.5, 0.6) is 5.75 Å². The number of aromatic nitrogens is 1. The van der Waals surface area contributed by atoms with Crippen molar-refractivity contribution in [3.8, 4) is 5.75 Å². The second-order valence-corrected chi connectivity index (χ2v) is 7.45. The fourth-order valence-corrected chi connectivity index (χ4v) is 3.49. The van der Waals surface area contributed by atoms with E-state index in [1.165, 1.54) is 24.4 Å². The molecule has 0 radical (unpaired) electrons. The maximum Gasteiger partial charge on any atom is 0.387 e. The standard InChI is InChI=1S/C20H20F3N3O4/c1-20(2)9-13(12-4-3-10(21)7-15(12)29-19(22)23)16(30-20)18(28)26-11-5-6-25-14(8-11)17(24)27/h3-8,13,16,19H,9H2,1-2H3,(H2,24,27)(H,25,26,28)/t13-,16+/m0/s1. The number of hydrogen-bond donors (Lipinski definition) is 2. The first-order chi connectivity index (χ1) is 14.1. The van der Waals surface area contributed by atoms with Gasteiger partial charge in [-0.3, -0.25) is 14.6 Å². The molecular formula is C20H20F3N3O4. The predicted molar refractivity (Wildman–Crippen MR) is 101 cm³/mol. The number of benzene rings is 1. The number of ether oxygens (including phenoxy) is 2. The maximum absolute atomic E-state index is 13.6. The predicted octanol–water partition coefficient (Wildman–Crippen LogP) is 3.21. The number of amides is 2. The highest BCUT2D eigenvalue weighted by Crippen LogP contribution is 2.44. The zero-order valence-corrected chi connectivity index (χ0v) is 16.2. The molecule has 1 fully saturated rings. The van der Waals surface area contributed by atoms with Crippen LogP contribution in [0.1, 0.15) is 42.2 Å². The molecule has 3 N–H and O–H groups in total.